The molecule has 1 saturated heterocycles. The molecule has 1 aromatic rings. The molecule has 3 N–H and O–H groups in total. The molecule has 0 saturated carbocycles. The highest BCUT2D eigenvalue weighted by atomic mass is 16.5. The van der Waals surface area contributed by atoms with E-state index in [0.29, 0.717) is 56.9 Å². The quantitative estimate of drug-likeness (QED) is 0.675. The van der Waals surface area contributed by atoms with Gasteiger partial charge in [-0.3, -0.25) is 0 Å². The summed E-state index contributed by atoms with van der Waals surface area (Å²) in [7, 11) is 1.80. The number of ether oxygens (including phenoxy) is 2. The maximum Gasteiger partial charge on any atom is 0.158 e. The molecule has 112 valence electrons. The normalized spacial score (nSPS) is 21.9. The van der Waals surface area contributed by atoms with Crippen molar-refractivity contribution in [3.8, 4) is 0 Å². The van der Waals surface area contributed by atoms with Crippen LogP contribution in [-0.2, 0) is 16.1 Å². The fourth-order valence-electron chi connectivity index (χ4n) is 1.96. The van der Waals surface area contributed by atoms with Crippen molar-refractivity contribution in [2.24, 2.45) is 0 Å². The first-order valence-corrected chi connectivity index (χ1v) is 6.82. The maximum atomic E-state index is 10.2. The lowest BCUT2D eigenvalue weighted by Crippen LogP contribution is -2.37. The zero-order valence-corrected chi connectivity index (χ0v) is 12.0. The van der Waals surface area contributed by atoms with E-state index in [9.17, 15) is 5.11 Å². The van der Waals surface area contributed by atoms with Crippen LogP contribution in [0, 0.1) is 0 Å². The van der Waals surface area contributed by atoms with E-state index in [-0.39, 0.29) is 0 Å². The Morgan fingerprint density at radius 3 is 2.90 bits per heavy atom. The Bertz CT molecular complexity index is 436. The summed E-state index contributed by atoms with van der Waals surface area (Å²) in [5.74, 6) is 1.99. The summed E-state index contributed by atoms with van der Waals surface area (Å²) in [6.07, 6.45) is 0.635. The van der Waals surface area contributed by atoms with Gasteiger partial charge in [-0.2, -0.15) is 0 Å². The Balaban J connectivity index is 2.01. The Labute approximate surface area is 118 Å². The van der Waals surface area contributed by atoms with Crippen molar-refractivity contribution in [2.45, 2.75) is 25.6 Å². The molecule has 2 heterocycles. The number of anilines is 2. The highest BCUT2D eigenvalue weighted by Crippen LogP contribution is 2.19. The van der Waals surface area contributed by atoms with E-state index in [1.807, 2.05) is 6.92 Å². The zero-order valence-electron chi connectivity index (χ0n) is 12.0. The molecule has 1 aliphatic rings. The molecule has 0 radical (unpaired) electrons. The third-order valence-corrected chi connectivity index (χ3v) is 3.14. The van der Waals surface area contributed by atoms with E-state index in [1.165, 1.54) is 0 Å². The van der Waals surface area contributed by atoms with Crippen molar-refractivity contribution < 1.29 is 14.6 Å². The van der Waals surface area contributed by atoms with Crippen molar-refractivity contribution in [2.75, 3.05) is 44.0 Å². The molecular weight excluding hydrogens is 260 g/mol. The Hall–Kier alpha value is -1.44. The van der Waals surface area contributed by atoms with Gasteiger partial charge in [0.25, 0.3) is 0 Å². The third-order valence-electron chi connectivity index (χ3n) is 3.14. The van der Waals surface area contributed by atoms with Gasteiger partial charge in [-0.1, -0.05) is 0 Å². The topological polar surface area (TPSA) is 88.5 Å². The van der Waals surface area contributed by atoms with Gasteiger partial charge in [-0.15, -0.1) is 0 Å². The van der Waals surface area contributed by atoms with Crippen molar-refractivity contribution in [1.82, 2.24) is 9.97 Å². The largest absolute Gasteiger partial charge is 0.386 e. The molecule has 20 heavy (non-hydrogen) atoms. The van der Waals surface area contributed by atoms with Gasteiger partial charge in [0, 0.05) is 39.3 Å². The lowest BCUT2D eigenvalue weighted by atomic mass is 10.0. The summed E-state index contributed by atoms with van der Waals surface area (Å²) in [5, 5.41) is 16.3. The summed E-state index contributed by atoms with van der Waals surface area (Å²) in [4.78, 5) is 8.68. The van der Waals surface area contributed by atoms with Gasteiger partial charge in [0.2, 0.25) is 0 Å². The molecule has 1 aromatic heterocycles. The molecule has 1 atom stereocenters. The van der Waals surface area contributed by atoms with E-state index in [0.717, 1.165) is 0 Å². The smallest absolute Gasteiger partial charge is 0.158 e. The second-order valence-electron chi connectivity index (χ2n) is 4.82. The molecule has 1 aliphatic heterocycles. The first kappa shape index (κ1) is 15.0. The second kappa shape index (κ2) is 6.83. The molecule has 0 aromatic carbocycles. The van der Waals surface area contributed by atoms with Crippen LogP contribution < -0.4 is 10.6 Å². The molecule has 0 bridgehead atoms. The minimum atomic E-state index is -0.815. The monoisotopic (exact) mass is 282 g/mol. The van der Waals surface area contributed by atoms with Gasteiger partial charge >= 0.3 is 0 Å². The van der Waals surface area contributed by atoms with E-state index in [1.54, 1.807) is 13.1 Å². The first-order valence-electron chi connectivity index (χ1n) is 6.82. The number of nitrogens with one attached hydrogen (secondary N) is 2. The standard InChI is InChI=1S/C13H22N4O3/c1-3-19-7-12-16-10(14-2)6-11(17-12)15-8-13(18)4-5-20-9-13/h6,18H,3-5,7-9H2,1-2H3,(H2,14,15,16,17). The average molecular weight is 282 g/mol. The lowest BCUT2D eigenvalue weighted by molar-refractivity contribution is 0.0381. The highest BCUT2D eigenvalue weighted by Gasteiger charge is 2.32. The Morgan fingerprint density at radius 2 is 2.25 bits per heavy atom. The van der Waals surface area contributed by atoms with Crippen LogP contribution in [0.1, 0.15) is 19.2 Å². The van der Waals surface area contributed by atoms with Gasteiger partial charge in [0.05, 0.1) is 6.61 Å². The summed E-state index contributed by atoms with van der Waals surface area (Å²) in [5.41, 5.74) is -0.815. The molecule has 1 fully saturated rings. The summed E-state index contributed by atoms with van der Waals surface area (Å²) < 4.78 is 10.5. The van der Waals surface area contributed by atoms with Crippen molar-refractivity contribution in [3.63, 3.8) is 0 Å². The van der Waals surface area contributed by atoms with Crippen molar-refractivity contribution >= 4 is 11.6 Å². The minimum Gasteiger partial charge on any atom is -0.386 e. The van der Waals surface area contributed by atoms with Gasteiger partial charge in [-0.05, 0) is 6.92 Å². The number of aromatic nitrogens is 2. The Morgan fingerprint density at radius 1 is 1.45 bits per heavy atom. The molecular formula is C13H22N4O3. The van der Waals surface area contributed by atoms with Crippen molar-refractivity contribution in [3.05, 3.63) is 11.9 Å². The van der Waals surface area contributed by atoms with Crippen LogP contribution in [0.25, 0.3) is 0 Å². The zero-order chi connectivity index (χ0) is 14.4. The Kier molecular flexibility index (Phi) is 5.11. The van der Waals surface area contributed by atoms with Gasteiger partial charge in [-0.25, -0.2) is 9.97 Å². The SMILES string of the molecule is CCOCc1nc(NC)cc(NCC2(O)CCOC2)n1. The minimum absolute atomic E-state index is 0.357. The van der Waals surface area contributed by atoms with Crippen LogP contribution >= 0.6 is 0 Å². The molecule has 0 aliphatic carbocycles. The van der Waals surface area contributed by atoms with Gasteiger partial charge in [0.15, 0.2) is 5.82 Å². The van der Waals surface area contributed by atoms with Crippen molar-refractivity contribution in [1.29, 1.82) is 0 Å². The van der Waals surface area contributed by atoms with Crippen LogP contribution in [0.2, 0.25) is 0 Å². The van der Waals surface area contributed by atoms with E-state index in [2.05, 4.69) is 20.6 Å². The molecule has 0 amide bonds. The number of hydrogen-bond donors (Lipinski definition) is 3. The number of rotatable bonds is 7. The second-order valence-corrected chi connectivity index (χ2v) is 4.82. The molecule has 1 unspecified atom stereocenters. The predicted octanol–water partition coefficient (Wildman–Crippen LogP) is 0.618. The lowest BCUT2D eigenvalue weighted by Gasteiger charge is -2.21. The van der Waals surface area contributed by atoms with Gasteiger partial charge < -0.3 is 25.2 Å². The molecule has 0 spiro atoms. The summed E-state index contributed by atoms with van der Waals surface area (Å²) in [6.45, 7) is 4.27. The fraction of sp³-hybridized carbons (Fsp3) is 0.692. The van der Waals surface area contributed by atoms with Crippen LogP contribution in [-0.4, -0.2) is 54.1 Å². The molecule has 7 nitrogen and oxygen atoms in total. The number of aliphatic hydroxyl groups is 1. The predicted molar refractivity (Wildman–Crippen MR) is 75.8 cm³/mol. The fourth-order valence-corrected chi connectivity index (χ4v) is 1.96. The highest BCUT2D eigenvalue weighted by molar-refractivity contribution is 5.47. The summed E-state index contributed by atoms with van der Waals surface area (Å²) in [6, 6.07) is 1.80. The first-order chi connectivity index (χ1) is 9.65. The van der Waals surface area contributed by atoms with E-state index in [4.69, 9.17) is 9.47 Å². The van der Waals surface area contributed by atoms with Crippen LogP contribution in [0.3, 0.4) is 0 Å². The number of hydrogen-bond acceptors (Lipinski definition) is 7. The molecule has 2 rings (SSSR count). The van der Waals surface area contributed by atoms with Crippen LogP contribution in [0.15, 0.2) is 6.07 Å². The summed E-state index contributed by atoms with van der Waals surface area (Å²) >= 11 is 0. The number of nitrogens with zero attached hydrogens (tertiary/aromatic N) is 2. The van der Waals surface area contributed by atoms with Crippen LogP contribution in [0.5, 0.6) is 0 Å². The van der Waals surface area contributed by atoms with Gasteiger partial charge in [0.1, 0.15) is 23.8 Å². The average Bonchev–Trinajstić information content (AvgIpc) is 2.90. The third kappa shape index (κ3) is 4.03. The molecule has 7 heteroatoms. The van der Waals surface area contributed by atoms with E-state index >= 15 is 0 Å². The maximum absolute atomic E-state index is 10.2. The van der Waals surface area contributed by atoms with E-state index < -0.39 is 5.60 Å². The van der Waals surface area contributed by atoms with Crippen LogP contribution in [0.4, 0.5) is 11.6 Å².